The monoisotopic (exact) mass is 429 g/mol. The van der Waals surface area contributed by atoms with Crippen LogP contribution in [0.3, 0.4) is 0 Å². The van der Waals surface area contributed by atoms with Crippen molar-refractivity contribution in [1.82, 2.24) is 20.4 Å². The van der Waals surface area contributed by atoms with Crippen molar-refractivity contribution < 1.29 is 14.3 Å². The first kappa shape index (κ1) is 22.9. The Hall–Kier alpha value is -2.77. The Kier molecular flexibility index (Phi) is 7.41. The van der Waals surface area contributed by atoms with Crippen molar-refractivity contribution >= 4 is 18.0 Å². The number of hydrogen-bond donors (Lipinski definition) is 2. The number of hydrogen-bond acceptors (Lipinski definition) is 4. The number of amides is 2. The normalized spacial score (nSPS) is 16.6. The molecule has 2 aliphatic heterocycles. The minimum atomic E-state index is -0.485. The van der Waals surface area contributed by atoms with Crippen LogP contribution in [0.5, 0.6) is 0 Å². The van der Waals surface area contributed by atoms with Gasteiger partial charge in [-0.15, -0.1) is 0 Å². The molecule has 8 heteroatoms. The maximum atomic E-state index is 12.5. The fourth-order valence-electron chi connectivity index (χ4n) is 3.65. The molecule has 2 amide bonds. The number of likely N-dealkylation sites (tertiary alicyclic amines) is 1. The molecule has 0 aromatic heterocycles. The van der Waals surface area contributed by atoms with E-state index in [1.165, 1.54) is 11.1 Å². The smallest absolute Gasteiger partial charge is 0.410 e. The van der Waals surface area contributed by atoms with Crippen LogP contribution >= 0.6 is 0 Å². The van der Waals surface area contributed by atoms with Crippen LogP contribution < -0.4 is 10.6 Å². The summed E-state index contributed by atoms with van der Waals surface area (Å²) in [5.74, 6) is 0.897. The summed E-state index contributed by atoms with van der Waals surface area (Å²) in [6, 6.07) is 8.37. The average molecular weight is 430 g/mol. The van der Waals surface area contributed by atoms with E-state index < -0.39 is 5.60 Å². The van der Waals surface area contributed by atoms with Crippen molar-refractivity contribution in [3.8, 4) is 0 Å². The minimum absolute atomic E-state index is 0.148. The zero-order chi connectivity index (χ0) is 22.4. The summed E-state index contributed by atoms with van der Waals surface area (Å²) in [5, 5.41) is 6.58. The molecule has 0 atom stereocenters. The van der Waals surface area contributed by atoms with Crippen LogP contribution in [-0.4, -0.2) is 65.6 Å². The molecular formula is C23H35N5O3. The Morgan fingerprint density at radius 1 is 1.13 bits per heavy atom. The largest absolute Gasteiger partial charge is 0.444 e. The number of ether oxygens (including phenoxy) is 1. The van der Waals surface area contributed by atoms with Crippen LogP contribution in [0.15, 0.2) is 29.3 Å². The number of carbonyl (C=O) groups excluding carboxylic acids is 2. The Bertz CT molecular complexity index is 787. The van der Waals surface area contributed by atoms with Crippen molar-refractivity contribution in [1.29, 1.82) is 0 Å². The lowest BCUT2D eigenvalue weighted by molar-refractivity contribution is -0.131. The predicted molar refractivity (Wildman–Crippen MR) is 121 cm³/mol. The number of carbonyl (C=O) groups is 2. The van der Waals surface area contributed by atoms with E-state index >= 15 is 0 Å². The molecule has 0 radical (unpaired) electrons. The van der Waals surface area contributed by atoms with Crippen LogP contribution in [0, 0.1) is 0 Å². The van der Waals surface area contributed by atoms with E-state index in [0.717, 1.165) is 12.5 Å². The number of guanidine groups is 1. The summed E-state index contributed by atoms with van der Waals surface area (Å²) in [6.45, 7) is 11.5. The zero-order valence-corrected chi connectivity index (χ0v) is 19.1. The predicted octanol–water partition coefficient (Wildman–Crippen LogP) is 2.48. The van der Waals surface area contributed by atoms with Gasteiger partial charge in [0.25, 0.3) is 0 Å². The molecule has 0 saturated carbocycles. The van der Waals surface area contributed by atoms with Gasteiger partial charge in [0.05, 0.1) is 6.04 Å². The van der Waals surface area contributed by atoms with Crippen molar-refractivity contribution in [2.75, 3.05) is 26.2 Å². The molecule has 3 rings (SSSR count). The van der Waals surface area contributed by atoms with Gasteiger partial charge in [-0.3, -0.25) is 9.79 Å². The molecule has 2 aliphatic rings. The van der Waals surface area contributed by atoms with Gasteiger partial charge in [0.2, 0.25) is 5.91 Å². The first-order chi connectivity index (χ1) is 14.7. The van der Waals surface area contributed by atoms with E-state index in [1.54, 1.807) is 4.90 Å². The van der Waals surface area contributed by atoms with Crippen LogP contribution in [0.25, 0.3) is 0 Å². The summed E-state index contributed by atoms with van der Waals surface area (Å²) in [5.41, 5.74) is 2.00. The maximum Gasteiger partial charge on any atom is 0.410 e. The Balaban J connectivity index is 1.37. The highest BCUT2D eigenvalue weighted by atomic mass is 16.6. The van der Waals surface area contributed by atoms with E-state index in [9.17, 15) is 9.59 Å². The SMILES string of the molecule is CCNC(=NCCCC(=O)N1Cc2ccccc2C1)NC1CN(C(=O)OC(C)(C)C)C1. The van der Waals surface area contributed by atoms with Crippen molar-refractivity contribution in [3.05, 3.63) is 35.4 Å². The summed E-state index contributed by atoms with van der Waals surface area (Å²) < 4.78 is 5.38. The highest BCUT2D eigenvalue weighted by Gasteiger charge is 2.34. The highest BCUT2D eigenvalue weighted by molar-refractivity contribution is 5.81. The zero-order valence-electron chi connectivity index (χ0n) is 19.1. The molecule has 0 aliphatic carbocycles. The first-order valence-corrected chi connectivity index (χ1v) is 11.1. The fourth-order valence-corrected chi connectivity index (χ4v) is 3.65. The molecule has 0 bridgehead atoms. The molecule has 1 aromatic rings. The van der Waals surface area contributed by atoms with Gasteiger partial charge in [0.1, 0.15) is 5.60 Å². The van der Waals surface area contributed by atoms with Gasteiger partial charge in [-0.2, -0.15) is 0 Å². The summed E-state index contributed by atoms with van der Waals surface area (Å²) >= 11 is 0. The Morgan fingerprint density at radius 3 is 2.35 bits per heavy atom. The third-order valence-corrected chi connectivity index (χ3v) is 5.23. The van der Waals surface area contributed by atoms with Crippen LogP contribution in [0.1, 0.15) is 51.7 Å². The number of fused-ring (bicyclic) bond motifs is 1. The quantitative estimate of drug-likeness (QED) is 0.412. The molecule has 1 saturated heterocycles. The molecule has 8 nitrogen and oxygen atoms in total. The second-order valence-corrected chi connectivity index (χ2v) is 9.11. The molecule has 170 valence electrons. The third-order valence-electron chi connectivity index (χ3n) is 5.23. The van der Waals surface area contributed by atoms with E-state index in [-0.39, 0.29) is 18.0 Å². The highest BCUT2D eigenvalue weighted by Crippen LogP contribution is 2.23. The first-order valence-electron chi connectivity index (χ1n) is 11.1. The van der Waals surface area contributed by atoms with E-state index in [0.29, 0.717) is 45.6 Å². The van der Waals surface area contributed by atoms with Gasteiger partial charge in [-0.25, -0.2) is 4.79 Å². The van der Waals surface area contributed by atoms with E-state index in [4.69, 9.17) is 4.74 Å². The number of rotatable bonds is 6. The lowest BCUT2D eigenvalue weighted by Crippen LogP contribution is -2.63. The van der Waals surface area contributed by atoms with Crippen molar-refractivity contribution in [2.45, 2.75) is 65.3 Å². The number of nitrogens with zero attached hydrogens (tertiary/aromatic N) is 3. The topological polar surface area (TPSA) is 86.3 Å². The Morgan fingerprint density at radius 2 is 1.77 bits per heavy atom. The second kappa shape index (κ2) is 10.0. The number of aliphatic imine (C=N–C) groups is 1. The van der Waals surface area contributed by atoms with Crippen molar-refractivity contribution in [2.24, 2.45) is 4.99 Å². The maximum absolute atomic E-state index is 12.5. The van der Waals surface area contributed by atoms with Crippen LogP contribution in [0.4, 0.5) is 4.79 Å². The lowest BCUT2D eigenvalue weighted by atomic mass is 10.1. The number of nitrogens with one attached hydrogen (secondary N) is 2. The minimum Gasteiger partial charge on any atom is -0.444 e. The Labute approximate surface area is 185 Å². The van der Waals surface area contributed by atoms with E-state index in [1.807, 2.05) is 44.7 Å². The second-order valence-electron chi connectivity index (χ2n) is 9.11. The average Bonchev–Trinajstić information content (AvgIpc) is 3.10. The molecule has 0 spiro atoms. The molecule has 2 N–H and O–H groups in total. The standard InChI is InChI=1S/C23H35N5O3/c1-5-24-21(26-19-15-28(16-19)22(30)31-23(2,3)4)25-12-8-11-20(29)27-13-17-9-6-7-10-18(17)14-27/h6-7,9-10,19H,5,8,11-16H2,1-4H3,(H2,24,25,26). The van der Waals surface area contributed by atoms with Gasteiger partial charge < -0.3 is 25.2 Å². The van der Waals surface area contributed by atoms with Gasteiger partial charge in [0, 0.05) is 45.7 Å². The van der Waals surface area contributed by atoms with Gasteiger partial charge in [0.15, 0.2) is 5.96 Å². The number of benzene rings is 1. The molecule has 0 unspecified atom stereocenters. The molecular weight excluding hydrogens is 394 g/mol. The van der Waals surface area contributed by atoms with Crippen molar-refractivity contribution in [3.63, 3.8) is 0 Å². The molecule has 1 aromatic carbocycles. The fraction of sp³-hybridized carbons (Fsp3) is 0.609. The third kappa shape index (κ3) is 6.60. The summed E-state index contributed by atoms with van der Waals surface area (Å²) in [4.78, 5) is 32.7. The van der Waals surface area contributed by atoms with E-state index in [2.05, 4.69) is 27.8 Å². The van der Waals surface area contributed by atoms with Crippen LogP contribution in [0.2, 0.25) is 0 Å². The molecule has 31 heavy (non-hydrogen) atoms. The summed E-state index contributed by atoms with van der Waals surface area (Å²) in [6.07, 6.45) is 0.916. The van der Waals surface area contributed by atoms with Gasteiger partial charge in [-0.1, -0.05) is 24.3 Å². The van der Waals surface area contributed by atoms with Gasteiger partial charge in [-0.05, 0) is 45.2 Å². The van der Waals surface area contributed by atoms with Crippen LogP contribution in [-0.2, 0) is 22.6 Å². The van der Waals surface area contributed by atoms with Gasteiger partial charge >= 0.3 is 6.09 Å². The molecule has 2 heterocycles. The molecule has 1 fully saturated rings. The lowest BCUT2D eigenvalue weighted by Gasteiger charge is -2.40. The summed E-state index contributed by atoms with van der Waals surface area (Å²) in [7, 11) is 0.